The zero-order valence-corrected chi connectivity index (χ0v) is 18.0. The van der Waals surface area contributed by atoms with Crippen LogP contribution in [-0.4, -0.2) is 41.9 Å². The third-order valence-electron chi connectivity index (χ3n) is 4.54. The third-order valence-corrected chi connectivity index (χ3v) is 4.95. The van der Waals surface area contributed by atoms with Crippen LogP contribution in [0, 0.1) is 5.92 Å². The molecule has 0 aliphatic rings. The Balaban J connectivity index is 1.83. The molecule has 2 rings (SSSR count). The van der Waals surface area contributed by atoms with Gasteiger partial charge in [-0.3, -0.25) is 0 Å². The quantitative estimate of drug-likeness (QED) is 0.579. The average Bonchev–Trinajstić information content (AvgIpc) is 2.69. The second-order valence-corrected chi connectivity index (χ2v) is 7.80. The summed E-state index contributed by atoms with van der Waals surface area (Å²) in [4.78, 5) is 2.27. The first-order chi connectivity index (χ1) is 13.5. The molecule has 28 heavy (non-hydrogen) atoms. The minimum absolute atomic E-state index is 0.177. The minimum Gasteiger partial charge on any atom is -0.504 e. The SMILES string of the molecule is COc1cc(CCCN(CC(C)C)C(=S)NCCc2ccccc2)ccc1O. The molecule has 0 aromatic heterocycles. The Morgan fingerprint density at radius 3 is 2.54 bits per heavy atom. The monoisotopic (exact) mass is 400 g/mol. The van der Waals surface area contributed by atoms with E-state index in [0.29, 0.717) is 11.7 Å². The Hall–Kier alpha value is -2.27. The Kier molecular flexibility index (Phi) is 9.08. The molecule has 0 spiro atoms. The summed E-state index contributed by atoms with van der Waals surface area (Å²) in [6.07, 6.45) is 2.86. The number of nitrogens with one attached hydrogen (secondary N) is 1. The van der Waals surface area contributed by atoms with Crippen LogP contribution in [0.4, 0.5) is 0 Å². The number of methoxy groups -OCH3 is 1. The van der Waals surface area contributed by atoms with Gasteiger partial charge in [-0.1, -0.05) is 50.2 Å². The fraction of sp³-hybridized carbons (Fsp3) is 0.435. The van der Waals surface area contributed by atoms with E-state index in [-0.39, 0.29) is 5.75 Å². The Labute approximate surface area is 174 Å². The molecule has 2 aromatic carbocycles. The fourth-order valence-corrected chi connectivity index (χ4v) is 3.41. The molecule has 0 saturated carbocycles. The van der Waals surface area contributed by atoms with Gasteiger partial charge in [-0.05, 0) is 60.7 Å². The highest BCUT2D eigenvalue weighted by molar-refractivity contribution is 7.80. The van der Waals surface area contributed by atoms with Gasteiger partial charge in [-0.25, -0.2) is 0 Å². The van der Waals surface area contributed by atoms with Gasteiger partial charge in [0.2, 0.25) is 0 Å². The highest BCUT2D eigenvalue weighted by atomic mass is 32.1. The van der Waals surface area contributed by atoms with Crippen molar-refractivity contribution in [3.8, 4) is 11.5 Å². The molecule has 0 aliphatic carbocycles. The molecule has 0 radical (unpaired) electrons. The van der Waals surface area contributed by atoms with Gasteiger partial charge in [0.05, 0.1) is 7.11 Å². The van der Waals surface area contributed by atoms with E-state index in [1.165, 1.54) is 5.56 Å². The molecule has 0 atom stereocenters. The normalized spacial score (nSPS) is 10.7. The molecular formula is C23H32N2O2S. The molecule has 0 unspecified atom stereocenters. The maximum atomic E-state index is 9.73. The van der Waals surface area contributed by atoms with Gasteiger partial charge in [0, 0.05) is 19.6 Å². The van der Waals surface area contributed by atoms with E-state index in [2.05, 4.69) is 48.3 Å². The van der Waals surface area contributed by atoms with Crippen molar-refractivity contribution >= 4 is 17.3 Å². The molecule has 152 valence electrons. The summed E-state index contributed by atoms with van der Waals surface area (Å²) in [5.41, 5.74) is 2.47. The van der Waals surface area contributed by atoms with Gasteiger partial charge in [0.25, 0.3) is 0 Å². The van der Waals surface area contributed by atoms with Crippen molar-refractivity contribution in [3.63, 3.8) is 0 Å². The Bertz CT molecular complexity index is 735. The number of ether oxygens (including phenoxy) is 1. The van der Waals surface area contributed by atoms with E-state index in [1.54, 1.807) is 13.2 Å². The van der Waals surface area contributed by atoms with Crippen LogP contribution in [0.5, 0.6) is 11.5 Å². The number of aryl methyl sites for hydroxylation is 1. The summed E-state index contributed by atoms with van der Waals surface area (Å²) < 4.78 is 5.19. The summed E-state index contributed by atoms with van der Waals surface area (Å²) in [5.74, 6) is 1.24. The lowest BCUT2D eigenvalue weighted by Crippen LogP contribution is -2.43. The molecule has 0 fully saturated rings. The van der Waals surface area contributed by atoms with Crippen molar-refractivity contribution in [2.45, 2.75) is 33.1 Å². The first-order valence-corrected chi connectivity index (χ1v) is 10.3. The average molecular weight is 401 g/mol. The van der Waals surface area contributed by atoms with Gasteiger partial charge in [-0.15, -0.1) is 0 Å². The van der Waals surface area contributed by atoms with Crippen LogP contribution in [0.15, 0.2) is 48.5 Å². The zero-order valence-electron chi connectivity index (χ0n) is 17.1. The second-order valence-electron chi connectivity index (χ2n) is 7.42. The maximum absolute atomic E-state index is 9.73. The van der Waals surface area contributed by atoms with E-state index in [1.807, 2.05) is 18.2 Å². The highest BCUT2D eigenvalue weighted by Crippen LogP contribution is 2.26. The summed E-state index contributed by atoms with van der Waals surface area (Å²) in [6, 6.07) is 16.0. The van der Waals surface area contributed by atoms with Crippen LogP contribution < -0.4 is 10.1 Å². The summed E-state index contributed by atoms with van der Waals surface area (Å²) >= 11 is 5.66. The van der Waals surface area contributed by atoms with Crippen LogP contribution in [0.2, 0.25) is 0 Å². The molecule has 0 amide bonds. The summed E-state index contributed by atoms with van der Waals surface area (Å²) in [5, 5.41) is 14.0. The van der Waals surface area contributed by atoms with Crippen molar-refractivity contribution in [2.24, 2.45) is 5.92 Å². The topological polar surface area (TPSA) is 44.7 Å². The Morgan fingerprint density at radius 2 is 1.86 bits per heavy atom. The molecule has 0 saturated heterocycles. The van der Waals surface area contributed by atoms with Crippen molar-refractivity contribution in [3.05, 3.63) is 59.7 Å². The summed E-state index contributed by atoms with van der Waals surface area (Å²) in [7, 11) is 1.57. The van der Waals surface area contributed by atoms with E-state index in [9.17, 15) is 5.11 Å². The van der Waals surface area contributed by atoms with Crippen LogP contribution in [-0.2, 0) is 12.8 Å². The number of benzene rings is 2. The van der Waals surface area contributed by atoms with Crippen molar-refractivity contribution < 1.29 is 9.84 Å². The third kappa shape index (κ3) is 7.39. The molecule has 4 nitrogen and oxygen atoms in total. The van der Waals surface area contributed by atoms with E-state index < -0.39 is 0 Å². The van der Waals surface area contributed by atoms with Gasteiger partial charge >= 0.3 is 0 Å². The lowest BCUT2D eigenvalue weighted by molar-refractivity contribution is 0.355. The van der Waals surface area contributed by atoms with E-state index in [0.717, 1.165) is 49.6 Å². The summed E-state index contributed by atoms with van der Waals surface area (Å²) in [6.45, 7) is 7.11. The number of hydrogen-bond acceptors (Lipinski definition) is 3. The first kappa shape index (κ1) is 22.0. The predicted octanol–water partition coefficient (Wildman–Crippen LogP) is 4.41. The lowest BCUT2D eigenvalue weighted by Gasteiger charge is -2.27. The Morgan fingerprint density at radius 1 is 1.11 bits per heavy atom. The number of nitrogens with zero attached hydrogens (tertiary/aromatic N) is 1. The van der Waals surface area contributed by atoms with Crippen LogP contribution in [0.25, 0.3) is 0 Å². The van der Waals surface area contributed by atoms with Crippen LogP contribution in [0.3, 0.4) is 0 Å². The molecule has 5 heteroatoms. The second kappa shape index (κ2) is 11.5. The van der Waals surface area contributed by atoms with Crippen LogP contribution >= 0.6 is 12.2 Å². The van der Waals surface area contributed by atoms with Crippen molar-refractivity contribution in [2.75, 3.05) is 26.7 Å². The molecule has 0 heterocycles. The number of hydrogen-bond donors (Lipinski definition) is 2. The predicted molar refractivity (Wildman–Crippen MR) is 120 cm³/mol. The first-order valence-electron chi connectivity index (χ1n) is 9.92. The van der Waals surface area contributed by atoms with Crippen molar-refractivity contribution in [1.82, 2.24) is 10.2 Å². The fourth-order valence-electron chi connectivity index (χ4n) is 3.14. The number of rotatable bonds is 10. The van der Waals surface area contributed by atoms with Gasteiger partial charge in [0.1, 0.15) is 0 Å². The van der Waals surface area contributed by atoms with Gasteiger partial charge in [0.15, 0.2) is 16.6 Å². The highest BCUT2D eigenvalue weighted by Gasteiger charge is 2.11. The van der Waals surface area contributed by atoms with E-state index >= 15 is 0 Å². The smallest absolute Gasteiger partial charge is 0.168 e. The van der Waals surface area contributed by atoms with Gasteiger partial charge in [-0.2, -0.15) is 0 Å². The molecule has 0 aliphatic heterocycles. The lowest BCUT2D eigenvalue weighted by atomic mass is 10.1. The zero-order chi connectivity index (χ0) is 20.4. The molecular weight excluding hydrogens is 368 g/mol. The minimum atomic E-state index is 0.177. The number of aromatic hydroxyl groups is 1. The molecule has 0 bridgehead atoms. The van der Waals surface area contributed by atoms with Crippen molar-refractivity contribution in [1.29, 1.82) is 0 Å². The molecule has 2 aromatic rings. The standard InChI is InChI=1S/C23H32N2O2S/c1-18(2)17-25(23(28)24-14-13-19-8-5-4-6-9-19)15-7-10-20-11-12-21(26)22(16-20)27-3/h4-6,8-9,11-12,16,18,26H,7,10,13-15,17H2,1-3H3,(H,24,28). The number of phenolic OH excluding ortho intramolecular Hbond substituents is 1. The van der Waals surface area contributed by atoms with Crippen LogP contribution in [0.1, 0.15) is 31.4 Å². The number of phenols is 1. The largest absolute Gasteiger partial charge is 0.504 e. The molecule has 2 N–H and O–H groups in total. The maximum Gasteiger partial charge on any atom is 0.168 e. The van der Waals surface area contributed by atoms with E-state index in [4.69, 9.17) is 17.0 Å². The number of thiocarbonyl (C=S) groups is 1. The van der Waals surface area contributed by atoms with Gasteiger partial charge < -0.3 is 20.1 Å².